The molecular weight excluding hydrogens is 322 g/mol. The minimum absolute atomic E-state index is 0.721. The second-order valence-corrected chi connectivity index (χ2v) is 6.43. The van der Waals surface area contributed by atoms with Gasteiger partial charge < -0.3 is 15.1 Å². The second kappa shape index (κ2) is 8.45. The molecule has 3 aromatic rings. The lowest BCUT2D eigenvalue weighted by atomic mass is 10.2. The summed E-state index contributed by atoms with van der Waals surface area (Å²) >= 11 is 0. The summed E-state index contributed by atoms with van der Waals surface area (Å²) in [5.74, 6) is 2.41. The van der Waals surface area contributed by atoms with Crippen molar-refractivity contribution in [3.05, 3.63) is 66.7 Å². The number of rotatable bonds is 7. The minimum atomic E-state index is 0.721. The van der Waals surface area contributed by atoms with E-state index in [4.69, 9.17) is 9.97 Å². The van der Waals surface area contributed by atoms with Crippen molar-refractivity contribution < 1.29 is 0 Å². The Labute approximate surface area is 155 Å². The number of hydrogen-bond acceptors (Lipinski definition) is 5. The molecule has 0 spiro atoms. The van der Waals surface area contributed by atoms with Crippen molar-refractivity contribution in [3.8, 4) is 11.4 Å². The van der Waals surface area contributed by atoms with Crippen LogP contribution in [0.15, 0.2) is 66.7 Å². The molecule has 0 fully saturated rings. The molecule has 0 radical (unpaired) electrons. The fourth-order valence-corrected chi connectivity index (χ4v) is 2.60. The first kappa shape index (κ1) is 17.9. The van der Waals surface area contributed by atoms with Crippen LogP contribution in [0, 0.1) is 0 Å². The van der Waals surface area contributed by atoms with Crippen molar-refractivity contribution in [1.29, 1.82) is 0 Å². The van der Waals surface area contributed by atoms with E-state index in [2.05, 4.69) is 41.3 Å². The number of nitrogens with zero attached hydrogens (tertiary/aromatic N) is 4. The first-order chi connectivity index (χ1) is 12.6. The zero-order valence-electron chi connectivity index (χ0n) is 15.6. The first-order valence-corrected chi connectivity index (χ1v) is 8.75. The minimum Gasteiger partial charge on any atom is -0.369 e. The Morgan fingerprint density at radius 3 is 2.15 bits per heavy atom. The molecule has 0 atom stereocenters. The van der Waals surface area contributed by atoms with Gasteiger partial charge in [-0.05, 0) is 26.2 Å². The Bertz CT molecular complexity index is 818. The smallest absolute Gasteiger partial charge is 0.163 e. The normalized spacial score (nSPS) is 10.8. The maximum Gasteiger partial charge on any atom is 0.163 e. The van der Waals surface area contributed by atoms with Gasteiger partial charge in [0.15, 0.2) is 5.82 Å². The van der Waals surface area contributed by atoms with Crippen molar-refractivity contribution in [2.24, 2.45) is 0 Å². The monoisotopic (exact) mass is 347 g/mol. The molecule has 1 N–H and O–H groups in total. The van der Waals surface area contributed by atoms with E-state index >= 15 is 0 Å². The van der Waals surface area contributed by atoms with Crippen LogP contribution in [-0.4, -0.2) is 49.1 Å². The third-order valence-corrected chi connectivity index (χ3v) is 4.10. The Morgan fingerprint density at radius 1 is 0.846 bits per heavy atom. The van der Waals surface area contributed by atoms with Gasteiger partial charge in [0, 0.05) is 37.5 Å². The van der Waals surface area contributed by atoms with E-state index in [0.29, 0.717) is 0 Å². The van der Waals surface area contributed by atoms with Gasteiger partial charge in [-0.1, -0.05) is 48.5 Å². The number of likely N-dealkylation sites (N-methyl/N-ethyl adjacent to an activating group) is 1. The molecule has 0 aliphatic heterocycles. The van der Waals surface area contributed by atoms with E-state index in [1.165, 1.54) is 0 Å². The number of benzene rings is 2. The Morgan fingerprint density at radius 2 is 1.50 bits per heavy atom. The summed E-state index contributed by atoms with van der Waals surface area (Å²) in [5, 5.41) is 3.41. The van der Waals surface area contributed by atoms with Gasteiger partial charge in [0.2, 0.25) is 0 Å². The summed E-state index contributed by atoms with van der Waals surface area (Å²) in [6.45, 7) is 1.77. The van der Waals surface area contributed by atoms with Crippen LogP contribution in [0.2, 0.25) is 0 Å². The largest absolute Gasteiger partial charge is 0.369 e. The number of para-hydroxylation sites is 1. The number of nitrogens with one attached hydrogen (secondary N) is 1. The van der Waals surface area contributed by atoms with Gasteiger partial charge in [-0.3, -0.25) is 0 Å². The maximum absolute atomic E-state index is 4.79. The van der Waals surface area contributed by atoms with Gasteiger partial charge in [-0.2, -0.15) is 0 Å². The van der Waals surface area contributed by atoms with E-state index in [-0.39, 0.29) is 0 Å². The molecule has 134 valence electrons. The van der Waals surface area contributed by atoms with Crippen molar-refractivity contribution >= 4 is 17.3 Å². The molecule has 0 aliphatic rings. The molecule has 2 aromatic carbocycles. The highest BCUT2D eigenvalue weighted by atomic mass is 15.2. The van der Waals surface area contributed by atoms with Gasteiger partial charge in [-0.15, -0.1) is 0 Å². The van der Waals surface area contributed by atoms with Crippen LogP contribution in [0.4, 0.5) is 17.3 Å². The van der Waals surface area contributed by atoms with E-state index in [1.54, 1.807) is 0 Å². The van der Waals surface area contributed by atoms with E-state index in [9.17, 15) is 0 Å². The first-order valence-electron chi connectivity index (χ1n) is 8.75. The molecule has 1 aromatic heterocycles. The lowest BCUT2D eigenvalue weighted by molar-refractivity contribution is 0.425. The van der Waals surface area contributed by atoms with Crippen LogP contribution in [0.3, 0.4) is 0 Å². The second-order valence-electron chi connectivity index (χ2n) is 6.43. The van der Waals surface area contributed by atoms with Gasteiger partial charge in [0.05, 0.1) is 0 Å². The molecule has 0 amide bonds. The third-order valence-electron chi connectivity index (χ3n) is 4.10. The van der Waals surface area contributed by atoms with Crippen LogP contribution in [0.5, 0.6) is 0 Å². The summed E-state index contributed by atoms with van der Waals surface area (Å²) in [7, 11) is 6.15. The van der Waals surface area contributed by atoms with Crippen LogP contribution in [0.1, 0.15) is 0 Å². The average Bonchev–Trinajstić information content (AvgIpc) is 2.68. The van der Waals surface area contributed by atoms with Crippen molar-refractivity contribution in [2.45, 2.75) is 0 Å². The Hall–Kier alpha value is -2.92. The Balaban J connectivity index is 1.94. The molecule has 1 heterocycles. The predicted octanol–water partition coefficient (Wildman–Crippen LogP) is 3.89. The summed E-state index contributed by atoms with van der Waals surface area (Å²) in [6, 6.07) is 22.3. The summed E-state index contributed by atoms with van der Waals surface area (Å²) in [6.07, 6.45) is 0. The summed E-state index contributed by atoms with van der Waals surface area (Å²) in [5.41, 5.74) is 2.09. The molecular formula is C21H25N5. The Kier molecular flexibility index (Phi) is 5.81. The van der Waals surface area contributed by atoms with Gasteiger partial charge in [0.25, 0.3) is 0 Å². The average molecular weight is 347 g/mol. The molecule has 0 saturated carbocycles. The highest BCUT2D eigenvalue weighted by molar-refractivity contribution is 5.66. The highest BCUT2D eigenvalue weighted by Crippen LogP contribution is 2.26. The van der Waals surface area contributed by atoms with E-state index in [0.717, 1.165) is 41.8 Å². The molecule has 0 aliphatic carbocycles. The van der Waals surface area contributed by atoms with Gasteiger partial charge in [0.1, 0.15) is 11.6 Å². The molecule has 5 nitrogen and oxygen atoms in total. The van der Waals surface area contributed by atoms with Gasteiger partial charge in [-0.25, -0.2) is 9.97 Å². The standard InChI is InChI=1S/C21H25N5/c1-25(2)15-14-22-19-16-20(26(3)18-12-8-5-9-13-18)24-21(23-19)17-10-6-4-7-11-17/h4-13,16H,14-15H2,1-3H3,(H,22,23,24). The molecule has 0 saturated heterocycles. The molecule has 3 rings (SSSR count). The summed E-state index contributed by atoms with van der Waals surface area (Å²) in [4.78, 5) is 13.7. The number of aromatic nitrogens is 2. The fourth-order valence-electron chi connectivity index (χ4n) is 2.60. The number of anilines is 3. The predicted molar refractivity (Wildman–Crippen MR) is 109 cm³/mol. The van der Waals surface area contributed by atoms with E-state index < -0.39 is 0 Å². The quantitative estimate of drug-likeness (QED) is 0.702. The van der Waals surface area contributed by atoms with Gasteiger partial charge >= 0.3 is 0 Å². The fraction of sp³-hybridized carbons (Fsp3) is 0.238. The topological polar surface area (TPSA) is 44.3 Å². The zero-order chi connectivity index (χ0) is 18.4. The maximum atomic E-state index is 4.79. The van der Waals surface area contributed by atoms with Crippen molar-refractivity contribution in [3.63, 3.8) is 0 Å². The van der Waals surface area contributed by atoms with Crippen LogP contribution in [-0.2, 0) is 0 Å². The van der Waals surface area contributed by atoms with Crippen molar-refractivity contribution in [1.82, 2.24) is 14.9 Å². The highest BCUT2D eigenvalue weighted by Gasteiger charge is 2.11. The SMILES string of the molecule is CN(C)CCNc1cc(N(C)c2ccccc2)nc(-c2ccccc2)n1. The van der Waals surface area contributed by atoms with E-state index in [1.807, 2.05) is 61.6 Å². The van der Waals surface area contributed by atoms with Crippen molar-refractivity contribution in [2.75, 3.05) is 44.4 Å². The van der Waals surface area contributed by atoms with Crippen LogP contribution in [0.25, 0.3) is 11.4 Å². The molecule has 26 heavy (non-hydrogen) atoms. The third kappa shape index (κ3) is 4.58. The van der Waals surface area contributed by atoms with Crippen LogP contribution < -0.4 is 10.2 Å². The summed E-state index contributed by atoms with van der Waals surface area (Å²) < 4.78 is 0. The number of hydrogen-bond donors (Lipinski definition) is 1. The lowest BCUT2D eigenvalue weighted by Gasteiger charge is -2.20. The van der Waals surface area contributed by atoms with Crippen LogP contribution >= 0.6 is 0 Å². The molecule has 0 unspecified atom stereocenters. The zero-order valence-corrected chi connectivity index (χ0v) is 15.6. The molecule has 0 bridgehead atoms. The molecule has 5 heteroatoms. The lowest BCUT2D eigenvalue weighted by Crippen LogP contribution is -2.21.